The maximum Gasteiger partial charge on any atom is 0.156 e. The Kier molecular flexibility index (Phi) is 6.00. The van der Waals surface area contributed by atoms with Gasteiger partial charge in [0.2, 0.25) is 0 Å². The van der Waals surface area contributed by atoms with Crippen molar-refractivity contribution in [1.82, 2.24) is 0 Å². The van der Waals surface area contributed by atoms with Crippen molar-refractivity contribution in [2.45, 2.75) is 83.2 Å². The highest BCUT2D eigenvalue weighted by atomic mass is 16.5. The van der Waals surface area contributed by atoms with E-state index in [0.717, 1.165) is 32.3 Å². The average molecular weight is 469 g/mol. The van der Waals surface area contributed by atoms with Gasteiger partial charge in [-0.05, 0) is 115 Å². The first-order valence-electron chi connectivity index (χ1n) is 14.0. The number of benzene rings is 1. The quantitative estimate of drug-likeness (QED) is 0.300. The summed E-state index contributed by atoms with van der Waals surface area (Å²) in [6, 6.07) is 9.41. The molecule has 0 aliphatic heterocycles. The van der Waals surface area contributed by atoms with E-state index in [9.17, 15) is 4.79 Å². The van der Waals surface area contributed by atoms with Crippen LogP contribution in [0.5, 0.6) is 0 Å². The summed E-state index contributed by atoms with van der Waals surface area (Å²) in [5.41, 5.74) is 8.82. The van der Waals surface area contributed by atoms with Crippen molar-refractivity contribution in [2.24, 2.45) is 23.2 Å². The average Bonchev–Trinajstić information content (AvgIpc) is 3.66. The predicted octanol–water partition coefficient (Wildman–Crippen LogP) is 7.97. The Morgan fingerprint density at radius 3 is 2.63 bits per heavy atom. The van der Waals surface area contributed by atoms with Gasteiger partial charge in [-0.25, -0.2) is 0 Å². The first kappa shape index (κ1) is 23.2. The van der Waals surface area contributed by atoms with Crippen LogP contribution < -0.4 is 0 Å². The number of allylic oxidation sites excluding steroid dienone is 5. The summed E-state index contributed by atoms with van der Waals surface area (Å²) in [5, 5.41) is 0. The zero-order valence-corrected chi connectivity index (χ0v) is 21.4. The SMILES string of the molecule is C=CCCO[C@H]1CCC2C3CCC4=CC(=O)CCC4=C3[C@@H](c3ccc(C(=C)C4CC4)cc3)C[C@@]21C. The zero-order valence-electron chi connectivity index (χ0n) is 21.4. The maximum absolute atomic E-state index is 12.3. The van der Waals surface area contributed by atoms with Gasteiger partial charge in [-0.3, -0.25) is 4.79 Å². The normalized spacial score (nSPS) is 34.1. The first-order valence-corrected chi connectivity index (χ1v) is 14.0. The molecular formula is C33H40O2. The lowest BCUT2D eigenvalue weighted by molar-refractivity contribution is -0.114. The van der Waals surface area contributed by atoms with Crippen LogP contribution in [0.15, 0.2) is 66.3 Å². The molecule has 5 atom stereocenters. The largest absolute Gasteiger partial charge is 0.377 e. The van der Waals surface area contributed by atoms with Gasteiger partial charge in [-0.15, -0.1) is 6.58 Å². The van der Waals surface area contributed by atoms with E-state index in [1.165, 1.54) is 60.0 Å². The van der Waals surface area contributed by atoms with Crippen LogP contribution in [0.3, 0.4) is 0 Å². The van der Waals surface area contributed by atoms with Crippen molar-refractivity contribution in [3.63, 3.8) is 0 Å². The topological polar surface area (TPSA) is 26.3 Å². The molecule has 1 aromatic rings. The minimum atomic E-state index is 0.197. The Morgan fingerprint density at radius 1 is 1.09 bits per heavy atom. The summed E-state index contributed by atoms with van der Waals surface area (Å²) in [5.74, 6) is 2.73. The van der Waals surface area contributed by atoms with Gasteiger partial charge < -0.3 is 4.74 Å². The van der Waals surface area contributed by atoms with Crippen molar-refractivity contribution >= 4 is 11.4 Å². The minimum Gasteiger partial charge on any atom is -0.377 e. The fourth-order valence-electron chi connectivity index (χ4n) is 8.08. The number of fused-ring (bicyclic) bond motifs is 4. The maximum atomic E-state index is 12.3. The van der Waals surface area contributed by atoms with Crippen LogP contribution in [0.4, 0.5) is 0 Å². The van der Waals surface area contributed by atoms with Crippen LogP contribution in [0.2, 0.25) is 0 Å². The van der Waals surface area contributed by atoms with Crippen molar-refractivity contribution in [3.05, 3.63) is 77.4 Å². The predicted molar refractivity (Wildman–Crippen MR) is 143 cm³/mol. The number of carbonyl (C=O) groups is 1. The number of rotatable bonds is 7. The number of hydrogen-bond acceptors (Lipinski definition) is 2. The second-order valence-electron chi connectivity index (χ2n) is 12.0. The van der Waals surface area contributed by atoms with Crippen LogP contribution in [-0.2, 0) is 9.53 Å². The third kappa shape index (κ3) is 4.02. The van der Waals surface area contributed by atoms with E-state index in [4.69, 9.17) is 4.74 Å². The lowest BCUT2D eigenvalue weighted by atomic mass is 9.53. The summed E-state index contributed by atoms with van der Waals surface area (Å²) < 4.78 is 6.53. The molecule has 1 aromatic carbocycles. The summed E-state index contributed by atoms with van der Waals surface area (Å²) in [4.78, 5) is 12.3. The van der Waals surface area contributed by atoms with Gasteiger partial charge >= 0.3 is 0 Å². The lowest BCUT2D eigenvalue weighted by Crippen LogP contribution is -2.45. The molecule has 6 rings (SSSR count). The monoisotopic (exact) mass is 468 g/mol. The molecule has 35 heavy (non-hydrogen) atoms. The molecule has 0 N–H and O–H groups in total. The lowest BCUT2D eigenvalue weighted by Gasteiger charge is -2.52. The fraction of sp³-hybridized carbons (Fsp3) is 0.545. The van der Waals surface area contributed by atoms with Gasteiger partial charge in [0.15, 0.2) is 5.78 Å². The molecule has 2 heteroatoms. The molecule has 0 spiro atoms. The Bertz CT molecular complexity index is 1100. The molecule has 0 radical (unpaired) electrons. The number of ketones is 1. The van der Waals surface area contributed by atoms with E-state index in [2.05, 4.69) is 44.3 Å². The minimum absolute atomic E-state index is 0.197. The van der Waals surface area contributed by atoms with E-state index in [0.29, 0.717) is 42.0 Å². The standard InChI is InChI=1S/C33H40O2/c1-4-5-18-35-31-17-16-30-28-14-12-25-19-26(34)13-15-27(25)32(28)29(20-33(30,31)3)24-10-8-23(9-11-24)21(2)22-6-7-22/h4,8-11,19,22,28-31H,1-2,5-7,12-18,20H2,3H3/t28?,29-,30?,31+,33+/m1/s1. The van der Waals surface area contributed by atoms with Crippen LogP contribution >= 0.6 is 0 Å². The summed E-state index contributed by atoms with van der Waals surface area (Å²) >= 11 is 0. The molecule has 2 nitrogen and oxygen atoms in total. The van der Waals surface area contributed by atoms with Gasteiger partial charge in [0.05, 0.1) is 12.7 Å². The second-order valence-corrected chi connectivity index (χ2v) is 12.0. The Balaban J connectivity index is 1.39. The van der Waals surface area contributed by atoms with E-state index < -0.39 is 0 Å². The van der Waals surface area contributed by atoms with E-state index >= 15 is 0 Å². The third-order valence-electron chi connectivity index (χ3n) is 10.0. The molecule has 0 aromatic heterocycles. The highest BCUT2D eigenvalue weighted by Crippen LogP contribution is 2.64. The molecule has 0 amide bonds. The van der Waals surface area contributed by atoms with Gasteiger partial charge in [-0.1, -0.05) is 49.4 Å². The summed E-state index contributed by atoms with van der Waals surface area (Å²) in [6.07, 6.45) is 15.2. The van der Waals surface area contributed by atoms with Gasteiger partial charge in [0, 0.05) is 12.3 Å². The third-order valence-corrected chi connectivity index (χ3v) is 10.0. The molecule has 5 aliphatic rings. The smallest absolute Gasteiger partial charge is 0.156 e. The van der Waals surface area contributed by atoms with Crippen LogP contribution in [0.25, 0.3) is 5.57 Å². The molecule has 0 saturated heterocycles. The number of hydrogen-bond donors (Lipinski definition) is 0. The van der Waals surface area contributed by atoms with Crippen molar-refractivity contribution in [2.75, 3.05) is 6.61 Å². The van der Waals surface area contributed by atoms with Crippen molar-refractivity contribution in [1.29, 1.82) is 0 Å². The molecular weight excluding hydrogens is 428 g/mol. The zero-order chi connectivity index (χ0) is 24.2. The highest BCUT2D eigenvalue weighted by Gasteiger charge is 2.57. The summed E-state index contributed by atoms with van der Waals surface area (Å²) in [7, 11) is 0. The molecule has 5 aliphatic carbocycles. The first-order chi connectivity index (χ1) is 17.0. The fourth-order valence-corrected chi connectivity index (χ4v) is 8.08. The van der Waals surface area contributed by atoms with E-state index in [1.807, 2.05) is 12.2 Å². The Labute approximate surface area is 211 Å². The van der Waals surface area contributed by atoms with Gasteiger partial charge in [0.1, 0.15) is 0 Å². The Morgan fingerprint density at radius 2 is 1.89 bits per heavy atom. The Hall–Kier alpha value is -2.19. The van der Waals surface area contributed by atoms with E-state index in [1.54, 1.807) is 5.57 Å². The number of carbonyl (C=O) groups excluding carboxylic acids is 1. The van der Waals surface area contributed by atoms with Crippen molar-refractivity contribution in [3.8, 4) is 0 Å². The molecule has 3 saturated carbocycles. The molecule has 0 heterocycles. The van der Waals surface area contributed by atoms with Gasteiger partial charge in [0.25, 0.3) is 0 Å². The molecule has 2 unspecified atom stereocenters. The molecule has 0 bridgehead atoms. The molecule has 184 valence electrons. The summed E-state index contributed by atoms with van der Waals surface area (Å²) in [6.45, 7) is 11.6. The highest BCUT2D eigenvalue weighted by molar-refractivity contribution is 5.93. The van der Waals surface area contributed by atoms with Crippen molar-refractivity contribution < 1.29 is 9.53 Å². The second kappa shape index (κ2) is 9.04. The number of ether oxygens (including phenoxy) is 1. The molecule has 3 fully saturated rings. The van der Waals surface area contributed by atoms with Crippen LogP contribution in [0, 0.1) is 23.2 Å². The van der Waals surface area contributed by atoms with Crippen LogP contribution in [-0.4, -0.2) is 18.5 Å². The van der Waals surface area contributed by atoms with Crippen LogP contribution in [0.1, 0.15) is 88.2 Å². The van der Waals surface area contributed by atoms with E-state index in [-0.39, 0.29) is 5.41 Å². The van der Waals surface area contributed by atoms with Gasteiger partial charge in [-0.2, -0.15) is 0 Å².